The number of hydrogen-bond donors (Lipinski definition) is 2. The predicted molar refractivity (Wildman–Crippen MR) is 45.8 cm³/mol. The Morgan fingerprint density at radius 2 is 1.92 bits per heavy atom. The molecule has 1 heterocycles. The Labute approximate surface area is 72.7 Å². The van der Waals surface area contributed by atoms with Gasteiger partial charge in [-0.05, 0) is 12.1 Å². The van der Waals surface area contributed by atoms with Crippen molar-refractivity contribution in [3.63, 3.8) is 0 Å². The van der Waals surface area contributed by atoms with Gasteiger partial charge in [0.25, 0.3) is 0 Å². The summed E-state index contributed by atoms with van der Waals surface area (Å²) in [5, 5.41) is 18.7. The Balaban J connectivity index is 2.97. The first-order chi connectivity index (χ1) is 6.18. The smallest absolute Gasteiger partial charge is 0.378 e. The maximum atomic E-state index is 10.8. The van der Waals surface area contributed by atoms with E-state index in [2.05, 4.69) is 0 Å². The first-order valence-electron chi connectivity index (χ1n) is 3.63. The van der Waals surface area contributed by atoms with Crippen LogP contribution in [0.4, 0.5) is 0 Å². The Morgan fingerprint density at radius 1 is 1.15 bits per heavy atom. The van der Waals surface area contributed by atoms with Crippen molar-refractivity contribution in [1.82, 2.24) is 0 Å². The number of fused-ring (bicyclic) bond motifs is 1. The largest absolute Gasteiger partial charge is 0.507 e. The number of hydrogen-bond acceptors (Lipinski definition) is 4. The van der Waals surface area contributed by atoms with Crippen LogP contribution in [-0.4, -0.2) is 10.2 Å². The van der Waals surface area contributed by atoms with Gasteiger partial charge in [0, 0.05) is 6.07 Å². The third kappa shape index (κ3) is 1.12. The lowest BCUT2D eigenvalue weighted by molar-refractivity contribution is 0.425. The monoisotopic (exact) mass is 178 g/mol. The van der Waals surface area contributed by atoms with E-state index in [9.17, 15) is 9.90 Å². The highest BCUT2D eigenvalue weighted by atomic mass is 16.4. The van der Waals surface area contributed by atoms with Gasteiger partial charge in [-0.3, -0.25) is 0 Å². The van der Waals surface area contributed by atoms with Gasteiger partial charge in [0.15, 0.2) is 0 Å². The molecular formula is C9H6O4. The van der Waals surface area contributed by atoms with Gasteiger partial charge >= 0.3 is 5.63 Å². The van der Waals surface area contributed by atoms with Crippen molar-refractivity contribution in [2.45, 2.75) is 0 Å². The molecule has 13 heavy (non-hydrogen) atoms. The quantitative estimate of drug-likeness (QED) is 0.594. The van der Waals surface area contributed by atoms with E-state index >= 15 is 0 Å². The summed E-state index contributed by atoms with van der Waals surface area (Å²) >= 11 is 0. The lowest BCUT2D eigenvalue weighted by Gasteiger charge is -1.98. The molecule has 2 N–H and O–H groups in total. The molecule has 4 nitrogen and oxygen atoms in total. The standard InChI is InChI=1S/C9H6O4/c10-6-2-1-3-8-5(6)4-7(11)9(12)13-8/h1-4,10-11H. The summed E-state index contributed by atoms with van der Waals surface area (Å²) < 4.78 is 4.71. The minimum Gasteiger partial charge on any atom is -0.507 e. The SMILES string of the molecule is O=c1oc2cccc(O)c2cc1O. The summed E-state index contributed by atoms with van der Waals surface area (Å²) in [6.45, 7) is 0. The van der Waals surface area contributed by atoms with E-state index in [1.165, 1.54) is 18.2 Å². The molecule has 0 fully saturated rings. The van der Waals surface area contributed by atoms with Gasteiger partial charge in [-0.15, -0.1) is 0 Å². The molecule has 66 valence electrons. The second-order valence-electron chi connectivity index (χ2n) is 2.61. The lowest BCUT2D eigenvalue weighted by atomic mass is 10.2. The minimum absolute atomic E-state index is 0.0310. The number of rotatable bonds is 0. The molecule has 4 heteroatoms. The molecule has 0 spiro atoms. The second kappa shape index (κ2) is 2.52. The van der Waals surface area contributed by atoms with Crippen LogP contribution in [0.3, 0.4) is 0 Å². The highest BCUT2D eigenvalue weighted by molar-refractivity contribution is 5.83. The summed E-state index contributed by atoms with van der Waals surface area (Å²) in [6.07, 6.45) is 0. The number of phenols is 1. The van der Waals surface area contributed by atoms with E-state index < -0.39 is 11.4 Å². The van der Waals surface area contributed by atoms with E-state index in [1.807, 2.05) is 0 Å². The second-order valence-corrected chi connectivity index (χ2v) is 2.61. The summed E-state index contributed by atoms with van der Waals surface area (Å²) in [7, 11) is 0. The van der Waals surface area contributed by atoms with Crippen LogP contribution in [-0.2, 0) is 0 Å². The molecule has 2 aromatic rings. The average molecular weight is 178 g/mol. The third-order valence-electron chi connectivity index (χ3n) is 1.74. The molecule has 0 saturated heterocycles. The van der Waals surface area contributed by atoms with Crippen molar-refractivity contribution in [3.8, 4) is 11.5 Å². The van der Waals surface area contributed by atoms with E-state index in [0.717, 1.165) is 0 Å². The van der Waals surface area contributed by atoms with Crippen molar-refractivity contribution in [1.29, 1.82) is 0 Å². The fraction of sp³-hybridized carbons (Fsp3) is 0. The Kier molecular flexibility index (Phi) is 1.48. The van der Waals surface area contributed by atoms with Crippen molar-refractivity contribution in [2.24, 2.45) is 0 Å². The summed E-state index contributed by atoms with van der Waals surface area (Å²) in [4.78, 5) is 10.8. The van der Waals surface area contributed by atoms with Gasteiger partial charge in [-0.2, -0.15) is 0 Å². The topological polar surface area (TPSA) is 70.7 Å². The van der Waals surface area contributed by atoms with Crippen LogP contribution in [0.15, 0.2) is 33.5 Å². The fourth-order valence-electron chi connectivity index (χ4n) is 1.11. The maximum absolute atomic E-state index is 10.8. The van der Waals surface area contributed by atoms with Crippen LogP contribution in [0.5, 0.6) is 11.5 Å². The van der Waals surface area contributed by atoms with Crippen LogP contribution in [0.2, 0.25) is 0 Å². The average Bonchev–Trinajstić information content (AvgIpc) is 2.09. The van der Waals surface area contributed by atoms with Gasteiger partial charge in [0.2, 0.25) is 5.75 Å². The first kappa shape index (κ1) is 7.67. The highest BCUT2D eigenvalue weighted by Crippen LogP contribution is 2.24. The van der Waals surface area contributed by atoms with E-state index in [1.54, 1.807) is 6.07 Å². The molecule has 0 aliphatic rings. The molecule has 1 aromatic heterocycles. The number of phenolic OH excluding ortho intramolecular Hbond substituents is 1. The Morgan fingerprint density at radius 3 is 2.69 bits per heavy atom. The predicted octanol–water partition coefficient (Wildman–Crippen LogP) is 1.20. The first-order valence-corrected chi connectivity index (χ1v) is 3.63. The lowest BCUT2D eigenvalue weighted by Crippen LogP contribution is -1.96. The van der Waals surface area contributed by atoms with E-state index in [-0.39, 0.29) is 11.3 Å². The highest BCUT2D eigenvalue weighted by Gasteiger charge is 2.05. The zero-order valence-corrected chi connectivity index (χ0v) is 6.52. The summed E-state index contributed by atoms with van der Waals surface area (Å²) in [5.74, 6) is -0.537. The molecule has 0 radical (unpaired) electrons. The van der Waals surface area contributed by atoms with Crippen LogP contribution in [0, 0.1) is 0 Å². The van der Waals surface area contributed by atoms with Crippen molar-refractivity contribution in [2.75, 3.05) is 0 Å². The summed E-state index contributed by atoms with van der Waals surface area (Å²) in [6, 6.07) is 5.71. The zero-order chi connectivity index (χ0) is 9.42. The fourth-order valence-corrected chi connectivity index (χ4v) is 1.11. The van der Waals surface area contributed by atoms with Crippen LogP contribution in [0.1, 0.15) is 0 Å². The maximum Gasteiger partial charge on any atom is 0.378 e. The van der Waals surface area contributed by atoms with Gasteiger partial charge < -0.3 is 14.6 Å². The van der Waals surface area contributed by atoms with Crippen LogP contribution in [0.25, 0.3) is 11.0 Å². The zero-order valence-electron chi connectivity index (χ0n) is 6.52. The molecule has 2 rings (SSSR count). The molecule has 0 saturated carbocycles. The van der Waals surface area contributed by atoms with E-state index in [4.69, 9.17) is 9.52 Å². The summed E-state index contributed by atoms with van der Waals surface area (Å²) in [5.41, 5.74) is -0.555. The molecule has 1 aromatic carbocycles. The minimum atomic E-state index is -0.807. The van der Waals surface area contributed by atoms with Gasteiger partial charge in [-0.25, -0.2) is 4.79 Å². The van der Waals surface area contributed by atoms with E-state index in [0.29, 0.717) is 5.39 Å². The molecule has 0 amide bonds. The van der Waals surface area contributed by atoms with Gasteiger partial charge in [0.1, 0.15) is 11.3 Å². The van der Waals surface area contributed by atoms with Crippen molar-refractivity contribution >= 4 is 11.0 Å². The van der Waals surface area contributed by atoms with Crippen LogP contribution < -0.4 is 5.63 Å². The molecule has 0 bridgehead atoms. The molecule has 0 aliphatic carbocycles. The molecule has 0 unspecified atom stereocenters. The third-order valence-corrected chi connectivity index (χ3v) is 1.74. The van der Waals surface area contributed by atoms with Gasteiger partial charge in [-0.1, -0.05) is 6.07 Å². The van der Waals surface area contributed by atoms with Gasteiger partial charge in [0.05, 0.1) is 5.39 Å². The van der Waals surface area contributed by atoms with Crippen molar-refractivity contribution < 1.29 is 14.6 Å². The molecular weight excluding hydrogens is 172 g/mol. The Bertz CT molecular complexity index is 512. The van der Waals surface area contributed by atoms with Crippen LogP contribution >= 0.6 is 0 Å². The number of aromatic hydroxyl groups is 2. The van der Waals surface area contributed by atoms with Crippen molar-refractivity contribution in [3.05, 3.63) is 34.7 Å². The molecule has 0 atom stereocenters. The normalized spacial score (nSPS) is 10.5. The Hall–Kier alpha value is -1.97. The number of benzene rings is 1. The molecule has 0 aliphatic heterocycles.